The predicted molar refractivity (Wildman–Crippen MR) is 175 cm³/mol. The third kappa shape index (κ3) is 7.57. The van der Waals surface area contributed by atoms with Crippen molar-refractivity contribution in [1.29, 1.82) is 0 Å². The summed E-state index contributed by atoms with van der Waals surface area (Å²) in [6.07, 6.45) is 2.69. The van der Waals surface area contributed by atoms with Gasteiger partial charge in [-0.05, 0) is 42.2 Å². The van der Waals surface area contributed by atoms with Crippen LogP contribution >= 0.6 is 0 Å². The van der Waals surface area contributed by atoms with E-state index in [4.69, 9.17) is 14.2 Å². The Balaban J connectivity index is 1.41. The van der Waals surface area contributed by atoms with Crippen molar-refractivity contribution in [3.05, 3.63) is 49.2 Å². The minimum absolute atomic E-state index is 0.0266. The number of pyridine rings is 1. The van der Waals surface area contributed by atoms with Crippen molar-refractivity contribution in [2.45, 2.75) is 75.4 Å². The molecular formula is C33H43N5O9S. The van der Waals surface area contributed by atoms with Gasteiger partial charge in [0.2, 0.25) is 27.7 Å². The van der Waals surface area contributed by atoms with Gasteiger partial charge < -0.3 is 29.7 Å². The molecule has 0 radical (unpaired) electrons. The Bertz CT molecular complexity index is 1680. The summed E-state index contributed by atoms with van der Waals surface area (Å²) in [6, 6.07) is 7.10. The van der Waals surface area contributed by atoms with E-state index in [1.165, 1.54) is 18.1 Å². The van der Waals surface area contributed by atoms with Gasteiger partial charge in [-0.15, -0.1) is 6.58 Å². The van der Waals surface area contributed by atoms with Crippen LogP contribution in [0.15, 0.2) is 49.2 Å². The largest absolute Gasteiger partial charge is 0.472 e. The van der Waals surface area contributed by atoms with Crippen molar-refractivity contribution in [2.75, 3.05) is 26.9 Å². The van der Waals surface area contributed by atoms with Crippen molar-refractivity contribution in [3.8, 4) is 5.88 Å². The van der Waals surface area contributed by atoms with Gasteiger partial charge in [-0.1, -0.05) is 45.0 Å². The first kappa shape index (κ1) is 35.1. The van der Waals surface area contributed by atoms with Crippen molar-refractivity contribution >= 4 is 44.6 Å². The number of carbonyl (C=O) groups excluding carboxylic acids is 4. The van der Waals surface area contributed by atoms with Crippen LogP contribution in [0.2, 0.25) is 0 Å². The molecule has 5 atom stereocenters. The molecule has 260 valence electrons. The first-order chi connectivity index (χ1) is 22.7. The van der Waals surface area contributed by atoms with Crippen LogP contribution < -0.4 is 20.1 Å². The second kappa shape index (κ2) is 13.7. The van der Waals surface area contributed by atoms with E-state index in [0.717, 1.165) is 10.8 Å². The smallest absolute Gasteiger partial charge is 0.407 e. The van der Waals surface area contributed by atoms with Crippen molar-refractivity contribution in [1.82, 2.24) is 25.2 Å². The summed E-state index contributed by atoms with van der Waals surface area (Å²) in [5.41, 5.74) is -2.35. The van der Waals surface area contributed by atoms with E-state index in [0.29, 0.717) is 18.7 Å². The van der Waals surface area contributed by atoms with Gasteiger partial charge in [0.15, 0.2) is 0 Å². The summed E-state index contributed by atoms with van der Waals surface area (Å²) >= 11 is 0. The summed E-state index contributed by atoms with van der Waals surface area (Å²) in [5.74, 6) is -2.26. The Morgan fingerprint density at radius 2 is 1.88 bits per heavy atom. The Morgan fingerprint density at radius 1 is 1.15 bits per heavy atom. The number of sulfonamides is 1. The van der Waals surface area contributed by atoms with E-state index in [-0.39, 0.29) is 32.6 Å². The number of hydrogen-bond donors (Lipinski definition) is 3. The molecular weight excluding hydrogens is 642 g/mol. The number of hydrogen-bond acceptors (Lipinski definition) is 10. The molecule has 1 aromatic carbocycles. The Kier molecular flexibility index (Phi) is 10.0. The molecule has 1 aromatic heterocycles. The first-order valence-corrected chi connectivity index (χ1v) is 17.5. The zero-order valence-corrected chi connectivity index (χ0v) is 28.4. The second-order valence-corrected chi connectivity index (χ2v) is 15.5. The molecule has 5 unspecified atom stereocenters. The average Bonchev–Trinajstić information content (AvgIpc) is 3.96. The van der Waals surface area contributed by atoms with Crippen LogP contribution in [0.4, 0.5) is 4.79 Å². The van der Waals surface area contributed by atoms with E-state index in [1.807, 2.05) is 30.3 Å². The molecule has 2 aromatic rings. The molecule has 48 heavy (non-hydrogen) atoms. The average molecular weight is 686 g/mol. The third-order valence-corrected chi connectivity index (χ3v) is 10.7. The summed E-state index contributed by atoms with van der Waals surface area (Å²) in [7, 11) is -2.42. The topological polar surface area (TPSA) is 182 Å². The van der Waals surface area contributed by atoms with Gasteiger partial charge in [0.05, 0.1) is 18.4 Å². The Morgan fingerprint density at radius 3 is 2.52 bits per heavy atom. The number of carbonyl (C=O) groups is 4. The van der Waals surface area contributed by atoms with Crippen LogP contribution in [0.3, 0.4) is 0 Å². The lowest BCUT2D eigenvalue weighted by Crippen LogP contribution is -2.60. The van der Waals surface area contributed by atoms with E-state index >= 15 is 0 Å². The predicted octanol–water partition coefficient (Wildman–Crippen LogP) is 2.04. The molecule has 3 N–H and O–H groups in total. The van der Waals surface area contributed by atoms with Crippen molar-refractivity contribution < 1.29 is 41.8 Å². The van der Waals surface area contributed by atoms with Gasteiger partial charge in [0, 0.05) is 31.0 Å². The van der Waals surface area contributed by atoms with Gasteiger partial charge in [0.1, 0.15) is 30.3 Å². The van der Waals surface area contributed by atoms with Gasteiger partial charge in [-0.3, -0.25) is 19.1 Å². The van der Waals surface area contributed by atoms with Crippen LogP contribution in [0.1, 0.15) is 46.5 Å². The fourth-order valence-electron chi connectivity index (χ4n) is 5.93. The van der Waals surface area contributed by atoms with Crippen molar-refractivity contribution in [2.24, 2.45) is 11.3 Å². The summed E-state index contributed by atoms with van der Waals surface area (Å²) in [4.78, 5) is 60.2. The van der Waals surface area contributed by atoms with Gasteiger partial charge >= 0.3 is 6.09 Å². The number of fused-ring (bicyclic) bond motifs is 1. The van der Waals surface area contributed by atoms with Crippen LogP contribution in [0.25, 0.3) is 10.8 Å². The molecule has 2 saturated carbocycles. The zero-order chi connectivity index (χ0) is 34.9. The molecule has 0 spiro atoms. The summed E-state index contributed by atoms with van der Waals surface area (Å²) in [5, 5.41) is 6.41. The van der Waals surface area contributed by atoms with Crippen LogP contribution in [0, 0.1) is 11.3 Å². The number of nitrogens with zero attached hydrogens (tertiary/aromatic N) is 2. The lowest BCUT2D eigenvalue weighted by molar-refractivity contribution is -0.142. The number of likely N-dealkylation sites (tertiary alicyclic amines) is 1. The third-order valence-electron chi connectivity index (χ3n) is 8.91. The normalized spacial score (nSPS) is 24.3. The fourth-order valence-corrected chi connectivity index (χ4v) is 7.29. The number of alkyl carbamates (subject to hydrolysis) is 1. The molecule has 3 fully saturated rings. The van der Waals surface area contributed by atoms with Gasteiger partial charge in [-0.2, -0.15) is 0 Å². The lowest BCUT2D eigenvalue weighted by atomic mass is 9.85. The number of nitrogens with one attached hydrogen (secondary N) is 3. The SMILES string of the molecule is C=CC1CC1(NC(=O)C1CC(Oc2nccc3ccccc23)CN1C(=O)C(NC(=O)OCCOC)C(C)(C)C)C(=O)NS(=O)(=O)C1CC1. The molecule has 3 aliphatic rings. The number of rotatable bonds is 13. The number of methoxy groups -OCH3 is 1. The van der Waals surface area contributed by atoms with Crippen LogP contribution in [-0.2, 0) is 33.9 Å². The maximum absolute atomic E-state index is 14.3. The quantitative estimate of drug-likeness (QED) is 0.208. The molecule has 1 aliphatic heterocycles. The molecule has 0 bridgehead atoms. The lowest BCUT2D eigenvalue weighted by Gasteiger charge is -2.35. The standard InChI is InChI=1S/C33H43N5O9S/c1-6-21-18-33(21,30(41)37-48(43,44)23-11-12-23)36-27(39)25-17-22(47-28-24-10-8-7-9-20(24)13-14-34-28)19-38(25)29(40)26(32(2,3)4)35-31(42)46-16-15-45-5/h6-10,13-14,21-23,25-26H,1,11-12,15-19H2,2-5H3,(H,35,42)(H,36,39)(H,37,41). The number of amides is 4. The minimum Gasteiger partial charge on any atom is -0.472 e. The molecule has 2 aliphatic carbocycles. The van der Waals surface area contributed by atoms with E-state index in [9.17, 15) is 27.6 Å². The van der Waals surface area contributed by atoms with Crippen LogP contribution in [-0.4, -0.2) is 98.0 Å². The number of aromatic nitrogens is 1. The highest BCUT2D eigenvalue weighted by atomic mass is 32.2. The minimum atomic E-state index is -3.89. The highest BCUT2D eigenvalue weighted by molar-refractivity contribution is 7.91. The molecule has 14 nitrogen and oxygen atoms in total. The van der Waals surface area contributed by atoms with Crippen molar-refractivity contribution in [3.63, 3.8) is 0 Å². The molecule has 4 amide bonds. The number of ether oxygens (including phenoxy) is 3. The fraction of sp³-hybridized carbons (Fsp3) is 0.545. The second-order valence-electron chi connectivity index (χ2n) is 13.6. The Hall–Kier alpha value is -4.24. The maximum atomic E-state index is 14.3. The van der Waals surface area contributed by atoms with E-state index in [1.54, 1.807) is 27.0 Å². The first-order valence-electron chi connectivity index (χ1n) is 15.9. The molecule has 15 heteroatoms. The molecule has 1 saturated heterocycles. The molecule has 2 heterocycles. The highest BCUT2D eigenvalue weighted by Crippen LogP contribution is 2.45. The summed E-state index contributed by atoms with van der Waals surface area (Å²) in [6.45, 7) is 9.16. The van der Waals surface area contributed by atoms with E-state index < -0.39 is 74.1 Å². The number of benzene rings is 1. The van der Waals surface area contributed by atoms with Gasteiger partial charge in [-0.25, -0.2) is 18.2 Å². The highest BCUT2D eigenvalue weighted by Gasteiger charge is 2.62. The maximum Gasteiger partial charge on any atom is 0.407 e. The zero-order valence-electron chi connectivity index (χ0n) is 27.6. The summed E-state index contributed by atoms with van der Waals surface area (Å²) < 4.78 is 43.8. The Labute approximate surface area is 280 Å². The molecule has 5 rings (SSSR count). The van der Waals surface area contributed by atoms with E-state index in [2.05, 4.69) is 26.9 Å². The van der Waals surface area contributed by atoms with Gasteiger partial charge in [0.25, 0.3) is 5.91 Å². The van der Waals surface area contributed by atoms with Crippen LogP contribution in [0.5, 0.6) is 5.88 Å². The monoisotopic (exact) mass is 685 g/mol.